The molecule has 0 aliphatic rings. The van der Waals surface area contributed by atoms with Gasteiger partial charge in [-0.1, -0.05) is 48.0 Å². The Morgan fingerprint density at radius 2 is 1.60 bits per heavy atom. The zero-order valence-corrected chi connectivity index (χ0v) is 22.8. The molecule has 9 heteroatoms. The fraction of sp³-hybridized carbons (Fsp3) is 0.194. The number of halogens is 1. The summed E-state index contributed by atoms with van der Waals surface area (Å²) in [6.07, 6.45) is 0.0245. The van der Waals surface area contributed by atoms with Crippen molar-refractivity contribution in [2.45, 2.75) is 33.2 Å². The van der Waals surface area contributed by atoms with Crippen molar-refractivity contribution in [3.05, 3.63) is 122 Å². The SMILES string of the molecule is CCOc1cc(COc2ccc([N+](=O)[O-])c(C=O)c2)ccc1O[C@@H](C)c1cc(Cl)ccc1OCc1ccccc1. The van der Waals surface area contributed by atoms with Gasteiger partial charge in [-0.3, -0.25) is 14.9 Å². The van der Waals surface area contributed by atoms with E-state index in [2.05, 4.69) is 0 Å². The average molecular weight is 562 g/mol. The van der Waals surface area contributed by atoms with Gasteiger partial charge in [0.2, 0.25) is 0 Å². The zero-order chi connectivity index (χ0) is 28.5. The molecule has 0 heterocycles. The van der Waals surface area contributed by atoms with Crippen LogP contribution in [-0.2, 0) is 13.2 Å². The van der Waals surface area contributed by atoms with E-state index >= 15 is 0 Å². The van der Waals surface area contributed by atoms with Crippen LogP contribution in [0, 0.1) is 10.1 Å². The van der Waals surface area contributed by atoms with Crippen LogP contribution in [0.5, 0.6) is 23.0 Å². The maximum absolute atomic E-state index is 11.2. The van der Waals surface area contributed by atoms with Crippen LogP contribution >= 0.6 is 11.6 Å². The molecule has 8 nitrogen and oxygen atoms in total. The lowest BCUT2D eigenvalue weighted by atomic mass is 10.1. The molecule has 0 radical (unpaired) electrons. The molecule has 0 spiro atoms. The van der Waals surface area contributed by atoms with E-state index in [0.717, 1.165) is 16.7 Å². The summed E-state index contributed by atoms with van der Waals surface area (Å²) in [5, 5.41) is 11.6. The monoisotopic (exact) mass is 561 g/mol. The number of ether oxygens (including phenoxy) is 4. The lowest BCUT2D eigenvalue weighted by Gasteiger charge is -2.21. The number of benzene rings is 4. The molecule has 0 aliphatic carbocycles. The van der Waals surface area contributed by atoms with Gasteiger partial charge in [-0.25, -0.2) is 0 Å². The van der Waals surface area contributed by atoms with Gasteiger partial charge >= 0.3 is 0 Å². The van der Waals surface area contributed by atoms with E-state index in [9.17, 15) is 14.9 Å². The molecular weight excluding hydrogens is 534 g/mol. The van der Waals surface area contributed by atoms with E-state index in [1.807, 2.05) is 68.4 Å². The minimum Gasteiger partial charge on any atom is -0.490 e. The summed E-state index contributed by atoms with van der Waals surface area (Å²) in [6, 6.07) is 24.8. The summed E-state index contributed by atoms with van der Waals surface area (Å²) in [6.45, 7) is 4.76. The molecule has 206 valence electrons. The summed E-state index contributed by atoms with van der Waals surface area (Å²) in [5.41, 5.74) is 2.30. The molecule has 0 saturated heterocycles. The molecule has 0 bridgehead atoms. The van der Waals surface area contributed by atoms with Crippen molar-refractivity contribution in [3.8, 4) is 23.0 Å². The molecule has 0 unspecified atom stereocenters. The van der Waals surface area contributed by atoms with Crippen molar-refractivity contribution in [2.75, 3.05) is 6.61 Å². The maximum Gasteiger partial charge on any atom is 0.280 e. The number of rotatable bonds is 13. The third kappa shape index (κ3) is 7.30. The molecule has 0 saturated carbocycles. The quantitative estimate of drug-likeness (QED) is 0.0934. The second-order valence-electron chi connectivity index (χ2n) is 8.81. The molecule has 0 amide bonds. The second kappa shape index (κ2) is 13.5. The normalized spacial score (nSPS) is 11.4. The van der Waals surface area contributed by atoms with Crippen molar-refractivity contribution in [1.82, 2.24) is 0 Å². The van der Waals surface area contributed by atoms with Crippen LogP contribution in [0.25, 0.3) is 0 Å². The Bertz CT molecular complexity index is 1480. The van der Waals surface area contributed by atoms with Crippen molar-refractivity contribution >= 4 is 23.6 Å². The molecule has 0 N–H and O–H groups in total. The lowest BCUT2D eigenvalue weighted by molar-refractivity contribution is -0.385. The van der Waals surface area contributed by atoms with Gasteiger partial charge in [0, 0.05) is 16.7 Å². The molecule has 4 rings (SSSR count). The van der Waals surface area contributed by atoms with Gasteiger partial charge in [0.25, 0.3) is 5.69 Å². The molecule has 4 aromatic rings. The third-order valence-electron chi connectivity index (χ3n) is 5.99. The Kier molecular flexibility index (Phi) is 9.59. The number of nitro groups is 1. The topological polar surface area (TPSA) is 97.1 Å². The van der Waals surface area contributed by atoms with Gasteiger partial charge in [-0.15, -0.1) is 0 Å². The van der Waals surface area contributed by atoms with E-state index in [4.69, 9.17) is 30.5 Å². The molecule has 0 fully saturated rings. The third-order valence-corrected chi connectivity index (χ3v) is 6.22. The molecule has 0 aromatic heterocycles. The first kappa shape index (κ1) is 28.4. The maximum atomic E-state index is 11.2. The summed E-state index contributed by atoms with van der Waals surface area (Å²) < 4.78 is 24.0. The van der Waals surface area contributed by atoms with Crippen molar-refractivity contribution in [1.29, 1.82) is 0 Å². The van der Waals surface area contributed by atoms with E-state index in [1.54, 1.807) is 12.1 Å². The first-order valence-electron chi connectivity index (χ1n) is 12.6. The van der Waals surface area contributed by atoms with Crippen LogP contribution in [0.1, 0.15) is 47.0 Å². The highest BCUT2D eigenvalue weighted by molar-refractivity contribution is 6.30. The largest absolute Gasteiger partial charge is 0.490 e. The van der Waals surface area contributed by atoms with Crippen LogP contribution < -0.4 is 18.9 Å². The van der Waals surface area contributed by atoms with Crippen LogP contribution in [0.2, 0.25) is 5.02 Å². The van der Waals surface area contributed by atoms with E-state index in [0.29, 0.717) is 47.5 Å². The standard InChI is InChI=1S/C31H28ClNO7/c1-3-37-31-15-23(20-38-26-11-12-28(33(35)36)24(16-26)18-34)9-13-30(31)40-21(2)27-17-25(32)10-14-29(27)39-19-22-7-5-4-6-8-22/h4-18,21H,3,19-20H2,1-2H3/t21-/m0/s1. The number of nitro benzene ring substituents is 1. The number of carbonyl (C=O) groups is 1. The van der Waals surface area contributed by atoms with E-state index in [-0.39, 0.29) is 17.9 Å². The smallest absolute Gasteiger partial charge is 0.280 e. The molecule has 0 aliphatic heterocycles. The number of nitrogens with zero attached hydrogens (tertiary/aromatic N) is 1. The Morgan fingerprint density at radius 1 is 0.850 bits per heavy atom. The predicted molar refractivity (Wildman–Crippen MR) is 152 cm³/mol. The van der Waals surface area contributed by atoms with E-state index in [1.165, 1.54) is 18.2 Å². The van der Waals surface area contributed by atoms with Crippen LogP contribution in [0.3, 0.4) is 0 Å². The van der Waals surface area contributed by atoms with E-state index < -0.39 is 11.0 Å². The average Bonchev–Trinajstić information content (AvgIpc) is 2.96. The first-order valence-corrected chi connectivity index (χ1v) is 13.0. The first-order chi connectivity index (χ1) is 19.4. The van der Waals surface area contributed by atoms with Crippen LogP contribution in [-0.4, -0.2) is 17.8 Å². The van der Waals surface area contributed by atoms with Gasteiger partial charge in [-0.2, -0.15) is 0 Å². The highest BCUT2D eigenvalue weighted by Gasteiger charge is 2.18. The summed E-state index contributed by atoms with van der Waals surface area (Å²) in [7, 11) is 0. The second-order valence-corrected chi connectivity index (χ2v) is 9.25. The fourth-order valence-electron chi connectivity index (χ4n) is 4.02. The lowest BCUT2D eigenvalue weighted by Crippen LogP contribution is -2.08. The van der Waals surface area contributed by atoms with Crippen molar-refractivity contribution in [3.63, 3.8) is 0 Å². The summed E-state index contributed by atoms with van der Waals surface area (Å²) >= 11 is 6.31. The van der Waals surface area contributed by atoms with Gasteiger partial charge in [0.15, 0.2) is 17.8 Å². The highest BCUT2D eigenvalue weighted by Crippen LogP contribution is 2.36. The molecular formula is C31H28ClNO7. The van der Waals surface area contributed by atoms with Gasteiger partial charge in [-0.05, 0) is 67.4 Å². The fourth-order valence-corrected chi connectivity index (χ4v) is 4.20. The Morgan fingerprint density at radius 3 is 2.33 bits per heavy atom. The Hall–Kier alpha value is -4.56. The number of hydrogen-bond acceptors (Lipinski definition) is 7. The number of hydrogen-bond donors (Lipinski definition) is 0. The predicted octanol–water partition coefficient (Wildman–Crippen LogP) is 7.76. The zero-order valence-electron chi connectivity index (χ0n) is 22.0. The number of aldehydes is 1. The van der Waals surface area contributed by atoms with Crippen LogP contribution in [0.15, 0.2) is 84.9 Å². The Balaban J connectivity index is 1.49. The van der Waals surface area contributed by atoms with Crippen LogP contribution in [0.4, 0.5) is 5.69 Å². The minimum atomic E-state index is -0.608. The highest BCUT2D eigenvalue weighted by atomic mass is 35.5. The van der Waals surface area contributed by atoms with Gasteiger partial charge in [0.1, 0.15) is 30.8 Å². The van der Waals surface area contributed by atoms with Gasteiger partial charge in [0.05, 0.1) is 17.1 Å². The van der Waals surface area contributed by atoms with Crippen molar-refractivity contribution < 1.29 is 28.7 Å². The molecule has 1 atom stereocenters. The molecule has 40 heavy (non-hydrogen) atoms. The summed E-state index contributed by atoms with van der Waals surface area (Å²) in [4.78, 5) is 21.7. The number of carbonyl (C=O) groups excluding carboxylic acids is 1. The van der Waals surface area contributed by atoms with Crippen molar-refractivity contribution in [2.24, 2.45) is 0 Å². The van der Waals surface area contributed by atoms with Gasteiger partial charge < -0.3 is 18.9 Å². The minimum absolute atomic E-state index is 0.0524. The molecule has 4 aromatic carbocycles. The Labute approximate surface area is 237 Å². The summed E-state index contributed by atoms with van der Waals surface area (Å²) in [5.74, 6) is 2.07.